The van der Waals surface area contributed by atoms with Crippen molar-refractivity contribution in [2.45, 2.75) is 45.4 Å². The van der Waals surface area contributed by atoms with Gasteiger partial charge in [0.25, 0.3) is 0 Å². The number of nitrogens with zero attached hydrogens (tertiary/aromatic N) is 1. The summed E-state index contributed by atoms with van der Waals surface area (Å²) in [4.78, 5) is 13.2. The molecule has 30 heavy (non-hydrogen) atoms. The Kier molecular flexibility index (Phi) is 6.83. The largest absolute Gasteiger partial charge is 0.494 e. The van der Waals surface area contributed by atoms with Gasteiger partial charge in [-0.3, -0.25) is 4.79 Å². The van der Waals surface area contributed by atoms with E-state index in [4.69, 9.17) is 4.74 Å². The molecule has 1 saturated heterocycles. The predicted octanol–water partition coefficient (Wildman–Crippen LogP) is 4.05. The first kappa shape index (κ1) is 22.3. The van der Waals surface area contributed by atoms with Crippen LogP contribution in [0.3, 0.4) is 0 Å². The van der Waals surface area contributed by atoms with Gasteiger partial charge in [-0.2, -0.15) is 4.31 Å². The predicted molar refractivity (Wildman–Crippen MR) is 118 cm³/mol. The Balaban J connectivity index is 1.74. The maximum absolute atomic E-state index is 13.3. The van der Waals surface area contributed by atoms with Crippen molar-refractivity contribution in [3.8, 4) is 5.75 Å². The third-order valence-electron chi connectivity index (χ3n) is 5.39. The highest BCUT2D eigenvalue weighted by Crippen LogP contribution is 2.29. The third-order valence-corrected chi connectivity index (χ3v) is 7.56. The van der Waals surface area contributed by atoms with Crippen LogP contribution in [0, 0.1) is 26.7 Å². The van der Waals surface area contributed by atoms with E-state index in [-0.39, 0.29) is 18.4 Å². The zero-order valence-electron chi connectivity index (χ0n) is 18.1. The molecule has 6 nitrogen and oxygen atoms in total. The number of benzene rings is 2. The number of hydrogen-bond donors (Lipinski definition) is 1. The van der Waals surface area contributed by atoms with Crippen LogP contribution in [0.15, 0.2) is 41.3 Å². The van der Waals surface area contributed by atoms with Gasteiger partial charge in [0.15, 0.2) is 0 Å². The standard InChI is InChI=1S/C23H30N2O4S/c1-5-29-21-10-8-20(9-11-21)24-23(26)19-7-6-12-25(15-19)30(27,28)22-17(3)13-16(2)14-18(22)4/h8-11,13-14,19H,5-7,12,15H2,1-4H3,(H,24,26)/t19-/m1/s1. The van der Waals surface area contributed by atoms with Crippen molar-refractivity contribution in [3.63, 3.8) is 0 Å². The van der Waals surface area contributed by atoms with Gasteiger partial charge in [-0.15, -0.1) is 0 Å². The molecule has 1 atom stereocenters. The fourth-order valence-corrected chi connectivity index (χ4v) is 6.06. The lowest BCUT2D eigenvalue weighted by molar-refractivity contribution is -0.120. The molecule has 0 spiro atoms. The zero-order chi connectivity index (χ0) is 21.9. The molecule has 0 bridgehead atoms. The Hall–Kier alpha value is -2.38. The van der Waals surface area contributed by atoms with E-state index >= 15 is 0 Å². The van der Waals surface area contributed by atoms with E-state index in [1.54, 1.807) is 24.3 Å². The maximum Gasteiger partial charge on any atom is 0.243 e. The van der Waals surface area contributed by atoms with Crippen molar-refractivity contribution in [1.82, 2.24) is 4.31 Å². The molecular formula is C23H30N2O4S. The summed E-state index contributed by atoms with van der Waals surface area (Å²) < 4.78 is 33.6. The summed E-state index contributed by atoms with van der Waals surface area (Å²) in [5.41, 5.74) is 3.20. The molecule has 0 radical (unpaired) electrons. The molecule has 162 valence electrons. The van der Waals surface area contributed by atoms with Gasteiger partial charge in [0.05, 0.1) is 17.4 Å². The van der Waals surface area contributed by atoms with Crippen LogP contribution in [0.4, 0.5) is 5.69 Å². The van der Waals surface area contributed by atoms with Crippen LogP contribution in [0.2, 0.25) is 0 Å². The number of nitrogens with one attached hydrogen (secondary N) is 1. The minimum atomic E-state index is -3.65. The first-order chi connectivity index (χ1) is 14.2. The highest BCUT2D eigenvalue weighted by atomic mass is 32.2. The van der Waals surface area contributed by atoms with Crippen molar-refractivity contribution in [3.05, 3.63) is 53.1 Å². The van der Waals surface area contributed by atoms with Crippen LogP contribution in [-0.4, -0.2) is 38.3 Å². The van der Waals surface area contributed by atoms with Crippen LogP contribution in [-0.2, 0) is 14.8 Å². The molecule has 0 saturated carbocycles. The molecule has 0 aliphatic carbocycles. The van der Waals surface area contributed by atoms with E-state index in [9.17, 15) is 13.2 Å². The van der Waals surface area contributed by atoms with Crippen LogP contribution in [0.25, 0.3) is 0 Å². The smallest absolute Gasteiger partial charge is 0.243 e. The quantitative estimate of drug-likeness (QED) is 0.750. The zero-order valence-corrected chi connectivity index (χ0v) is 18.9. The van der Waals surface area contributed by atoms with Gasteiger partial charge in [0.2, 0.25) is 15.9 Å². The summed E-state index contributed by atoms with van der Waals surface area (Å²) in [6.45, 7) is 8.73. The molecule has 7 heteroatoms. The number of amides is 1. The average molecular weight is 431 g/mol. The monoisotopic (exact) mass is 430 g/mol. The average Bonchev–Trinajstić information content (AvgIpc) is 2.69. The van der Waals surface area contributed by atoms with Crippen LogP contribution < -0.4 is 10.1 Å². The molecule has 2 aromatic rings. The highest BCUT2D eigenvalue weighted by molar-refractivity contribution is 7.89. The van der Waals surface area contributed by atoms with Crippen LogP contribution in [0.1, 0.15) is 36.5 Å². The van der Waals surface area contributed by atoms with Gasteiger partial charge in [-0.1, -0.05) is 17.7 Å². The van der Waals surface area contributed by atoms with Crippen molar-refractivity contribution in [2.24, 2.45) is 5.92 Å². The minimum Gasteiger partial charge on any atom is -0.494 e. The lowest BCUT2D eigenvalue weighted by Crippen LogP contribution is -2.44. The summed E-state index contributed by atoms with van der Waals surface area (Å²) in [5, 5.41) is 2.91. The number of rotatable bonds is 6. The van der Waals surface area contributed by atoms with E-state index in [2.05, 4.69) is 5.32 Å². The number of sulfonamides is 1. The topological polar surface area (TPSA) is 75.7 Å². The highest BCUT2D eigenvalue weighted by Gasteiger charge is 2.34. The minimum absolute atomic E-state index is 0.156. The number of carbonyl (C=O) groups is 1. The number of aryl methyl sites for hydroxylation is 3. The van der Waals surface area contributed by atoms with Crippen molar-refractivity contribution >= 4 is 21.6 Å². The molecule has 0 unspecified atom stereocenters. The van der Waals surface area contributed by atoms with Crippen molar-refractivity contribution in [2.75, 3.05) is 25.0 Å². The first-order valence-corrected chi connectivity index (χ1v) is 11.8. The summed E-state index contributed by atoms with van der Waals surface area (Å²) in [5.74, 6) is 0.205. The number of piperidine rings is 1. The van der Waals surface area contributed by atoms with Gasteiger partial charge in [-0.05, 0) is 75.9 Å². The lowest BCUT2D eigenvalue weighted by atomic mass is 9.98. The van der Waals surface area contributed by atoms with Gasteiger partial charge >= 0.3 is 0 Å². The summed E-state index contributed by atoms with van der Waals surface area (Å²) >= 11 is 0. The second kappa shape index (κ2) is 9.18. The molecule has 1 heterocycles. The molecule has 2 aromatic carbocycles. The van der Waals surface area contributed by atoms with Crippen LogP contribution >= 0.6 is 0 Å². The van der Waals surface area contributed by atoms with Gasteiger partial charge < -0.3 is 10.1 Å². The first-order valence-electron chi connectivity index (χ1n) is 10.3. The van der Waals surface area contributed by atoms with E-state index in [0.29, 0.717) is 36.6 Å². The SMILES string of the molecule is CCOc1ccc(NC(=O)[C@@H]2CCCN(S(=O)(=O)c3c(C)cc(C)cc3C)C2)cc1. The summed E-state index contributed by atoms with van der Waals surface area (Å²) in [6.07, 6.45) is 1.32. The van der Waals surface area contributed by atoms with Gasteiger partial charge in [-0.25, -0.2) is 8.42 Å². The summed E-state index contributed by atoms with van der Waals surface area (Å²) in [7, 11) is -3.65. The second-order valence-corrected chi connectivity index (χ2v) is 9.75. The molecular weight excluding hydrogens is 400 g/mol. The fourth-order valence-electron chi connectivity index (χ4n) is 4.12. The molecule has 1 aliphatic heterocycles. The van der Waals surface area contributed by atoms with Crippen molar-refractivity contribution in [1.29, 1.82) is 0 Å². The maximum atomic E-state index is 13.3. The summed E-state index contributed by atoms with van der Waals surface area (Å²) in [6, 6.07) is 11.0. The van der Waals surface area contributed by atoms with Crippen LogP contribution in [0.5, 0.6) is 5.75 Å². The molecule has 1 amide bonds. The number of anilines is 1. The normalized spacial score (nSPS) is 17.5. The lowest BCUT2D eigenvalue weighted by Gasteiger charge is -2.32. The molecule has 1 N–H and O–H groups in total. The van der Waals surface area contributed by atoms with Gasteiger partial charge in [0.1, 0.15) is 5.75 Å². The molecule has 1 fully saturated rings. The number of ether oxygens (including phenoxy) is 1. The Morgan fingerprint density at radius 3 is 2.37 bits per heavy atom. The molecule has 0 aromatic heterocycles. The molecule has 1 aliphatic rings. The number of carbonyl (C=O) groups excluding carboxylic acids is 1. The Bertz CT molecular complexity index is 993. The van der Waals surface area contributed by atoms with E-state index in [0.717, 1.165) is 22.4 Å². The van der Waals surface area contributed by atoms with E-state index in [1.165, 1.54) is 4.31 Å². The van der Waals surface area contributed by atoms with Crippen molar-refractivity contribution < 1.29 is 17.9 Å². The fraction of sp³-hybridized carbons (Fsp3) is 0.435. The molecule has 3 rings (SSSR count). The Morgan fingerprint density at radius 1 is 1.13 bits per heavy atom. The van der Waals surface area contributed by atoms with E-state index < -0.39 is 10.0 Å². The number of hydrogen-bond acceptors (Lipinski definition) is 4. The Morgan fingerprint density at radius 2 is 1.77 bits per heavy atom. The Labute approximate surface area is 179 Å². The van der Waals surface area contributed by atoms with Gasteiger partial charge in [0, 0.05) is 18.8 Å². The second-order valence-electron chi connectivity index (χ2n) is 7.88. The van der Waals surface area contributed by atoms with E-state index in [1.807, 2.05) is 39.8 Å². The third kappa shape index (κ3) is 4.84.